The molecule has 0 aromatic carbocycles. The average Bonchev–Trinajstić information content (AvgIpc) is 3.62. The molecular weight excluding hydrogens is 820 g/mol. The Kier molecular flexibility index (Phi) is 14.6. The molecule has 0 aliphatic carbocycles. The molecule has 0 spiro atoms. The third-order valence-electron chi connectivity index (χ3n) is 7.34. The van der Waals surface area contributed by atoms with Crippen LogP contribution in [-0.4, -0.2) is 127 Å². The maximum atomic E-state index is 13.4. The number of phosphoric ester groups is 1. The Morgan fingerprint density at radius 3 is 1.84 bits per heavy atom. The van der Waals surface area contributed by atoms with Crippen LogP contribution in [0.15, 0.2) is 12.7 Å². The molecule has 0 bridgehead atoms. The van der Waals surface area contributed by atoms with Gasteiger partial charge in [0, 0.05) is 41.5 Å². The highest BCUT2D eigenvalue weighted by atomic mass is 32.5. The maximum absolute atomic E-state index is 13.4. The van der Waals surface area contributed by atoms with E-state index < -0.39 is 119 Å². The summed E-state index contributed by atoms with van der Waals surface area (Å²) in [5.41, 5.74) is 6.16. The van der Waals surface area contributed by atoms with Crippen LogP contribution >= 0.6 is 14.5 Å². The summed E-state index contributed by atoms with van der Waals surface area (Å²) in [6, 6.07) is 0. The number of carbonyl (C=O) groups is 6. The molecule has 310 valence electrons. The first kappa shape index (κ1) is 44.5. The monoisotopic (exact) mass is 857 g/mol. The number of nitrogen functional groups attached to an aromatic ring is 1. The lowest BCUT2D eigenvalue weighted by Gasteiger charge is -2.44. The Morgan fingerprint density at radius 1 is 0.750 bits per heavy atom. The van der Waals surface area contributed by atoms with E-state index in [0.29, 0.717) is 0 Å². The van der Waals surface area contributed by atoms with Gasteiger partial charge >= 0.3 is 50.4 Å². The van der Waals surface area contributed by atoms with E-state index in [4.69, 9.17) is 68.8 Å². The van der Waals surface area contributed by atoms with E-state index in [0.717, 1.165) is 47.9 Å². The van der Waals surface area contributed by atoms with E-state index in [1.807, 2.05) is 0 Å². The van der Waals surface area contributed by atoms with Crippen LogP contribution in [0.3, 0.4) is 0 Å². The largest absolute Gasteiger partial charge is 0.481 e. The molecule has 11 atom stereocenters. The third-order valence-corrected chi connectivity index (χ3v) is 10.9. The van der Waals surface area contributed by atoms with E-state index in [-0.39, 0.29) is 17.0 Å². The van der Waals surface area contributed by atoms with E-state index in [9.17, 15) is 43.1 Å². The zero-order chi connectivity index (χ0) is 41.7. The third kappa shape index (κ3) is 11.7. The van der Waals surface area contributed by atoms with Gasteiger partial charge in [-0.1, -0.05) is 0 Å². The van der Waals surface area contributed by atoms with E-state index in [1.54, 1.807) is 0 Å². The first-order chi connectivity index (χ1) is 26.1. The van der Waals surface area contributed by atoms with Crippen molar-refractivity contribution in [2.45, 2.75) is 96.8 Å². The van der Waals surface area contributed by atoms with Crippen LogP contribution in [0.1, 0.15) is 47.8 Å². The molecule has 2 aromatic rings. The minimum absolute atomic E-state index is 0.00445. The fourth-order valence-corrected chi connectivity index (χ4v) is 8.61. The molecule has 56 heavy (non-hydrogen) atoms. The lowest BCUT2D eigenvalue weighted by molar-refractivity contribution is -0.291. The van der Waals surface area contributed by atoms with Crippen molar-refractivity contribution in [3.8, 4) is 0 Å². The van der Waals surface area contributed by atoms with Crippen LogP contribution in [0.25, 0.3) is 11.2 Å². The lowest BCUT2D eigenvalue weighted by atomic mass is 9.98. The number of phosphoric acid groups is 1. The number of fused-ring (bicyclic) bond motifs is 1. The summed E-state index contributed by atoms with van der Waals surface area (Å²) in [6.07, 6.45) is -12.4. The topological polar surface area (TPSA) is 331 Å². The van der Waals surface area contributed by atoms with Crippen molar-refractivity contribution in [1.82, 2.24) is 19.5 Å². The summed E-state index contributed by atoms with van der Waals surface area (Å²) in [7, 11) is -5.69. The molecule has 2 saturated heterocycles. The average molecular weight is 858 g/mol. The van der Waals surface area contributed by atoms with Gasteiger partial charge in [-0.05, 0) is 11.8 Å². The lowest BCUT2D eigenvalue weighted by Crippen LogP contribution is -2.62. The Bertz CT molecular complexity index is 1930. The van der Waals surface area contributed by atoms with Crippen LogP contribution in [0.4, 0.5) is 5.82 Å². The SMILES string of the molecule is CC(=O)OCC1O[C@@H](OP(=O)(O)OP(O)(=S)OC[C@H]2O[C@@H](n3cnc4c(N)ncnc43)[C@@H](OC(C)=O)C2OC(C)=O)C(OC(C)=O)[C@@H](OC(C)=O)[C@@H]1OC(C)=O. The van der Waals surface area contributed by atoms with Gasteiger partial charge in [-0.15, -0.1) is 0 Å². The van der Waals surface area contributed by atoms with Crippen LogP contribution in [-0.2, 0) is 96.4 Å². The van der Waals surface area contributed by atoms with Crippen molar-refractivity contribution in [2.75, 3.05) is 18.9 Å². The van der Waals surface area contributed by atoms with E-state index in [2.05, 4.69) is 15.0 Å². The van der Waals surface area contributed by atoms with E-state index >= 15 is 0 Å². The minimum Gasteiger partial charge on any atom is -0.463 e. The molecular formula is C28H37N5O20P2S. The van der Waals surface area contributed by atoms with Crippen molar-refractivity contribution in [2.24, 2.45) is 0 Å². The van der Waals surface area contributed by atoms with Gasteiger partial charge < -0.3 is 57.9 Å². The number of hydrogen-bond acceptors (Lipinski definition) is 23. The Hall–Kier alpha value is -4.23. The fourth-order valence-electron chi connectivity index (χ4n) is 5.52. The van der Waals surface area contributed by atoms with Crippen LogP contribution < -0.4 is 5.73 Å². The summed E-state index contributed by atoms with van der Waals surface area (Å²) < 4.78 is 72.9. The molecule has 2 aromatic heterocycles. The number of carbonyl (C=O) groups excluding carboxylic acids is 6. The fraction of sp³-hybridized carbons (Fsp3) is 0.607. The zero-order valence-electron chi connectivity index (χ0n) is 30.2. The molecule has 4 rings (SSSR count). The standard InChI is InChI=1S/C28H37N5O20P2S/c1-11(34)43-7-17-20(45-12(2)35)22(47-14(4)37)24(49-16(6)39)28(51-17)52-54(40,41)53-55(42,56)44-8-18-21(46-13(3)36)23(48-15(5)38)27(50-18)33-10-32-19-25(29)30-9-31-26(19)33/h9-10,17-18,20-24,27-28H,7-8H2,1-6H3,(H,40,41)(H,42,56)(H2,29,30,31)/t17?,18-,20-,21?,22+,23+,24?,27-,28+,55?/m1/s1. The first-order valence-electron chi connectivity index (χ1n) is 16.0. The van der Waals surface area contributed by atoms with Crippen molar-refractivity contribution in [3.63, 3.8) is 0 Å². The highest BCUT2D eigenvalue weighted by Crippen LogP contribution is 2.62. The van der Waals surface area contributed by atoms with Gasteiger partial charge in [0.1, 0.15) is 30.7 Å². The van der Waals surface area contributed by atoms with Gasteiger partial charge in [-0.3, -0.25) is 37.9 Å². The highest BCUT2D eigenvalue weighted by molar-refractivity contribution is 8.08. The van der Waals surface area contributed by atoms with E-state index in [1.165, 1.54) is 10.9 Å². The first-order valence-corrected chi connectivity index (χ1v) is 20.1. The quantitative estimate of drug-likeness (QED) is 0.117. The molecule has 0 amide bonds. The Labute approximate surface area is 321 Å². The van der Waals surface area contributed by atoms with Crippen molar-refractivity contribution in [3.05, 3.63) is 12.7 Å². The smallest absolute Gasteiger partial charge is 0.463 e. The number of nitrogens with zero attached hydrogens (tertiary/aromatic N) is 4. The van der Waals surface area contributed by atoms with Gasteiger partial charge in [0.05, 0.1) is 12.9 Å². The number of esters is 6. The number of rotatable bonds is 15. The molecule has 2 aliphatic heterocycles. The van der Waals surface area contributed by atoms with Gasteiger partial charge in [-0.25, -0.2) is 23.8 Å². The van der Waals surface area contributed by atoms with Gasteiger partial charge in [0.2, 0.25) is 6.29 Å². The summed E-state index contributed by atoms with van der Waals surface area (Å²) in [6.45, 7) is -0.471. The Morgan fingerprint density at radius 2 is 1.27 bits per heavy atom. The van der Waals surface area contributed by atoms with Crippen molar-refractivity contribution in [1.29, 1.82) is 0 Å². The predicted molar refractivity (Wildman–Crippen MR) is 181 cm³/mol. The van der Waals surface area contributed by atoms with Crippen LogP contribution in [0.2, 0.25) is 0 Å². The molecule has 0 radical (unpaired) electrons. The molecule has 4 N–H and O–H groups in total. The summed E-state index contributed by atoms with van der Waals surface area (Å²) in [5, 5.41) is 0. The van der Waals surface area contributed by atoms with Gasteiger partial charge in [-0.2, -0.15) is 0 Å². The number of imidazole rings is 1. The second-order valence-corrected chi connectivity index (χ2v) is 16.2. The molecule has 5 unspecified atom stereocenters. The second kappa shape index (κ2) is 18.4. The summed E-state index contributed by atoms with van der Waals surface area (Å²) in [5.74, 6) is -5.51. The summed E-state index contributed by atoms with van der Waals surface area (Å²) >= 11 is 4.95. The zero-order valence-corrected chi connectivity index (χ0v) is 32.8. The summed E-state index contributed by atoms with van der Waals surface area (Å²) in [4.78, 5) is 106. The molecule has 0 saturated carbocycles. The molecule has 25 nitrogen and oxygen atoms in total. The second-order valence-electron chi connectivity index (χ2n) is 11.8. The predicted octanol–water partition coefficient (Wildman–Crippen LogP) is -0.381. The van der Waals surface area contributed by atoms with Crippen molar-refractivity contribution < 1.29 is 94.4 Å². The molecule has 4 heterocycles. The number of hydrogen-bond donors (Lipinski definition) is 3. The minimum atomic E-state index is -5.69. The highest BCUT2D eigenvalue weighted by Gasteiger charge is 2.55. The molecule has 28 heteroatoms. The number of ether oxygens (including phenoxy) is 8. The number of nitrogens with two attached hydrogens (primary N) is 1. The van der Waals surface area contributed by atoms with Crippen molar-refractivity contribution >= 4 is 79.1 Å². The van der Waals surface area contributed by atoms with Crippen LogP contribution in [0.5, 0.6) is 0 Å². The number of anilines is 1. The molecule has 2 fully saturated rings. The normalized spacial score (nSPS) is 28.2. The maximum Gasteiger partial charge on any atom is 0.481 e. The Balaban J connectivity index is 1.58. The number of aromatic nitrogens is 4. The van der Waals surface area contributed by atoms with Gasteiger partial charge in [0.25, 0.3) is 0 Å². The molecule has 2 aliphatic rings. The van der Waals surface area contributed by atoms with Crippen LogP contribution in [0, 0.1) is 0 Å². The van der Waals surface area contributed by atoms with Gasteiger partial charge in [0.15, 0.2) is 48.2 Å².